The minimum atomic E-state index is -0.0103. The first kappa shape index (κ1) is 13.8. The molecule has 0 saturated carbocycles. The summed E-state index contributed by atoms with van der Waals surface area (Å²) in [5.74, 6) is 5.34. The highest BCUT2D eigenvalue weighted by Gasteiger charge is 2.14. The van der Waals surface area contributed by atoms with Crippen molar-refractivity contribution >= 4 is 22.4 Å². The standard InChI is InChI=1S/C9H18N6OS/c1-3-4-15(6-8(16)11-2)5-7-9(12-10)17-14-13-7/h12H,3-6,10H2,1-2H3,(H,11,16). The van der Waals surface area contributed by atoms with Gasteiger partial charge in [0.2, 0.25) is 5.91 Å². The van der Waals surface area contributed by atoms with Crippen LogP contribution < -0.4 is 16.6 Å². The smallest absolute Gasteiger partial charge is 0.233 e. The number of amides is 1. The number of hydrogen-bond donors (Lipinski definition) is 3. The summed E-state index contributed by atoms with van der Waals surface area (Å²) < 4.78 is 3.83. The van der Waals surface area contributed by atoms with E-state index >= 15 is 0 Å². The molecule has 1 heterocycles. The summed E-state index contributed by atoms with van der Waals surface area (Å²) in [4.78, 5) is 13.4. The largest absolute Gasteiger partial charge is 0.358 e. The first-order chi connectivity index (χ1) is 8.21. The summed E-state index contributed by atoms with van der Waals surface area (Å²) in [7, 11) is 1.63. The van der Waals surface area contributed by atoms with Gasteiger partial charge in [-0.1, -0.05) is 11.4 Å². The van der Waals surface area contributed by atoms with Crippen molar-refractivity contribution in [3.05, 3.63) is 5.69 Å². The Bertz CT molecular complexity index is 355. The third-order valence-electron chi connectivity index (χ3n) is 2.25. The van der Waals surface area contributed by atoms with Crippen molar-refractivity contribution in [3.8, 4) is 0 Å². The molecule has 0 spiro atoms. The maximum Gasteiger partial charge on any atom is 0.233 e. The molecule has 0 aromatic carbocycles. The molecule has 1 aromatic heterocycles. The van der Waals surface area contributed by atoms with E-state index in [2.05, 4.69) is 27.3 Å². The molecule has 8 heteroatoms. The van der Waals surface area contributed by atoms with Gasteiger partial charge in [0.25, 0.3) is 0 Å². The molecule has 0 aliphatic carbocycles. The summed E-state index contributed by atoms with van der Waals surface area (Å²) in [6.45, 7) is 3.82. The van der Waals surface area contributed by atoms with E-state index in [9.17, 15) is 4.79 Å². The molecule has 0 fully saturated rings. The second kappa shape index (κ2) is 7.15. The number of anilines is 1. The Balaban J connectivity index is 2.62. The third-order valence-corrected chi connectivity index (χ3v) is 2.95. The Morgan fingerprint density at radius 3 is 2.94 bits per heavy atom. The number of carbonyl (C=O) groups excluding carboxylic acids is 1. The van der Waals surface area contributed by atoms with E-state index in [0.717, 1.165) is 23.7 Å². The third kappa shape index (κ3) is 4.25. The Morgan fingerprint density at radius 2 is 2.35 bits per heavy atom. The van der Waals surface area contributed by atoms with Crippen molar-refractivity contribution in [1.29, 1.82) is 0 Å². The molecule has 0 bridgehead atoms. The minimum Gasteiger partial charge on any atom is -0.358 e. The van der Waals surface area contributed by atoms with Gasteiger partial charge in [0.05, 0.1) is 6.54 Å². The van der Waals surface area contributed by atoms with Crippen LogP contribution in [0.5, 0.6) is 0 Å². The van der Waals surface area contributed by atoms with Gasteiger partial charge >= 0.3 is 0 Å². The molecule has 0 radical (unpaired) electrons. The lowest BCUT2D eigenvalue weighted by Gasteiger charge is -2.19. The maximum atomic E-state index is 11.4. The SMILES string of the molecule is CCCN(CC(=O)NC)Cc1nnsc1NN. The molecule has 7 nitrogen and oxygen atoms in total. The average molecular weight is 258 g/mol. The number of hydrazine groups is 1. The monoisotopic (exact) mass is 258 g/mol. The second-order valence-corrected chi connectivity index (χ2v) is 4.33. The summed E-state index contributed by atoms with van der Waals surface area (Å²) in [5, 5.41) is 7.34. The van der Waals surface area contributed by atoms with Crippen molar-refractivity contribution in [2.45, 2.75) is 19.9 Å². The molecule has 1 rings (SSSR count). The van der Waals surface area contributed by atoms with E-state index in [1.165, 1.54) is 11.5 Å². The van der Waals surface area contributed by atoms with Crippen molar-refractivity contribution in [3.63, 3.8) is 0 Å². The van der Waals surface area contributed by atoms with Gasteiger partial charge in [0, 0.05) is 25.1 Å². The van der Waals surface area contributed by atoms with Crippen LogP contribution in [0.4, 0.5) is 5.00 Å². The van der Waals surface area contributed by atoms with Crippen LogP contribution in [-0.2, 0) is 11.3 Å². The molecule has 0 aliphatic heterocycles. The van der Waals surface area contributed by atoms with E-state index in [4.69, 9.17) is 5.84 Å². The van der Waals surface area contributed by atoms with Crippen LogP contribution in [0.15, 0.2) is 0 Å². The summed E-state index contributed by atoms with van der Waals surface area (Å²) in [5.41, 5.74) is 3.33. The fourth-order valence-corrected chi connectivity index (χ4v) is 1.93. The van der Waals surface area contributed by atoms with E-state index in [1.54, 1.807) is 7.05 Å². The van der Waals surface area contributed by atoms with Crippen LogP contribution in [0, 0.1) is 0 Å². The molecule has 17 heavy (non-hydrogen) atoms. The minimum absolute atomic E-state index is 0.0103. The molecule has 1 aromatic rings. The molecular weight excluding hydrogens is 240 g/mol. The molecule has 4 N–H and O–H groups in total. The van der Waals surface area contributed by atoms with Gasteiger partial charge in [-0.25, -0.2) is 5.84 Å². The number of nitrogens with one attached hydrogen (secondary N) is 2. The van der Waals surface area contributed by atoms with E-state index in [1.807, 2.05) is 4.90 Å². The molecular formula is C9H18N6OS. The predicted octanol–water partition coefficient (Wildman–Crippen LogP) is -0.218. The zero-order chi connectivity index (χ0) is 12.7. The number of nitrogen functional groups attached to an aromatic ring is 1. The molecule has 0 atom stereocenters. The fourth-order valence-electron chi connectivity index (χ4n) is 1.45. The van der Waals surface area contributed by atoms with E-state index < -0.39 is 0 Å². The van der Waals surface area contributed by atoms with Gasteiger partial charge < -0.3 is 10.7 Å². The number of nitrogens with two attached hydrogens (primary N) is 1. The first-order valence-corrected chi connectivity index (χ1v) is 6.19. The maximum absolute atomic E-state index is 11.4. The summed E-state index contributed by atoms with van der Waals surface area (Å²) in [6.07, 6.45) is 0.972. The van der Waals surface area contributed by atoms with Crippen LogP contribution in [0.2, 0.25) is 0 Å². The number of carbonyl (C=O) groups is 1. The Labute approximate surface area is 105 Å². The average Bonchev–Trinajstić information content (AvgIpc) is 2.76. The van der Waals surface area contributed by atoms with Crippen LogP contribution in [-0.4, -0.2) is 40.5 Å². The van der Waals surface area contributed by atoms with Gasteiger partial charge in [-0.2, -0.15) is 0 Å². The van der Waals surface area contributed by atoms with Crippen molar-refractivity contribution in [2.75, 3.05) is 25.6 Å². The Kier molecular flexibility index (Phi) is 5.81. The van der Waals surface area contributed by atoms with Gasteiger partial charge in [-0.15, -0.1) is 5.10 Å². The van der Waals surface area contributed by atoms with Crippen LogP contribution in [0.1, 0.15) is 19.0 Å². The van der Waals surface area contributed by atoms with Crippen molar-refractivity contribution < 1.29 is 4.79 Å². The second-order valence-electron chi connectivity index (χ2n) is 3.58. The normalized spacial score (nSPS) is 10.6. The number of hydrogen-bond acceptors (Lipinski definition) is 7. The molecule has 0 aliphatic rings. The van der Waals surface area contributed by atoms with Gasteiger partial charge in [0.15, 0.2) is 0 Å². The van der Waals surface area contributed by atoms with E-state index in [-0.39, 0.29) is 5.91 Å². The highest BCUT2D eigenvalue weighted by Crippen LogP contribution is 2.17. The van der Waals surface area contributed by atoms with Gasteiger partial charge in [0.1, 0.15) is 10.7 Å². The quantitative estimate of drug-likeness (QED) is 0.462. The molecule has 1 amide bonds. The Hall–Kier alpha value is -1.25. The summed E-state index contributed by atoms with van der Waals surface area (Å²) in [6, 6.07) is 0. The van der Waals surface area contributed by atoms with Crippen LogP contribution in [0.3, 0.4) is 0 Å². The fraction of sp³-hybridized carbons (Fsp3) is 0.667. The predicted molar refractivity (Wildman–Crippen MR) is 67.4 cm³/mol. The lowest BCUT2D eigenvalue weighted by Crippen LogP contribution is -2.36. The highest BCUT2D eigenvalue weighted by atomic mass is 32.1. The van der Waals surface area contributed by atoms with E-state index in [0.29, 0.717) is 13.1 Å². The van der Waals surface area contributed by atoms with Crippen LogP contribution in [0.25, 0.3) is 0 Å². The molecule has 96 valence electrons. The number of rotatable bonds is 7. The number of nitrogens with zero attached hydrogens (tertiary/aromatic N) is 3. The molecule has 0 unspecified atom stereocenters. The lowest BCUT2D eigenvalue weighted by molar-refractivity contribution is -0.121. The number of aromatic nitrogens is 2. The Morgan fingerprint density at radius 1 is 1.59 bits per heavy atom. The van der Waals surface area contributed by atoms with Crippen molar-refractivity contribution in [2.24, 2.45) is 5.84 Å². The van der Waals surface area contributed by atoms with Crippen LogP contribution >= 0.6 is 11.5 Å². The van der Waals surface area contributed by atoms with Gasteiger partial charge in [-0.3, -0.25) is 9.69 Å². The zero-order valence-corrected chi connectivity index (χ0v) is 10.9. The lowest BCUT2D eigenvalue weighted by atomic mass is 10.3. The summed E-state index contributed by atoms with van der Waals surface area (Å²) >= 11 is 1.21. The zero-order valence-electron chi connectivity index (χ0n) is 10.1. The molecule has 0 saturated heterocycles. The number of likely N-dealkylation sites (N-methyl/N-ethyl adjacent to an activating group) is 1. The van der Waals surface area contributed by atoms with Gasteiger partial charge in [-0.05, 0) is 13.0 Å². The van der Waals surface area contributed by atoms with Crippen molar-refractivity contribution in [1.82, 2.24) is 19.8 Å². The topological polar surface area (TPSA) is 96.2 Å². The highest BCUT2D eigenvalue weighted by molar-refractivity contribution is 7.10. The first-order valence-electron chi connectivity index (χ1n) is 5.42.